The number of hydrogen-bond donors (Lipinski definition) is 1. The molecule has 0 spiro atoms. The number of carbonyl (C=O) groups excluding carboxylic acids is 1. The molecule has 0 atom stereocenters. The van der Waals surface area contributed by atoms with Crippen molar-refractivity contribution < 1.29 is 9.22 Å². The second kappa shape index (κ2) is 4.38. The third-order valence-corrected chi connectivity index (χ3v) is 1.72. The molecule has 0 rings (SSSR count). The molecule has 0 aliphatic carbocycles. The van der Waals surface area contributed by atoms with Crippen molar-refractivity contribution in [2.75, 3.05) is 6.54 Å². The number of carbonyl (C=O) groups is 1. The molecule has 0 saturated heterocycles. The summed E-state index contributed by atoms with van der Waals surface area (Å²) in [6.07, 6.45) is 0.673. The maximum Gasteiger partial charge on any atom is 0.393 e. The second-order valence-electron chi connectivity index (χ2n) is 3.43. The Kier molecular flexibility index (Phi) is 4.18. The lowest BCUT2D eigenvalue weighted by Crippen LogP contribution is -2.36. The van der Waals surface area contributed by atoms with Crippen LogP contribution >= 0.6 is 0 Å². The average Bonchev–Trinajstić information content (AvgIpc) is 1.79. The van der Waals surface area contributed by atoms with E-state index in [0.717, 1.165) is 6.42 Å². The summed E-state index contributed by atoms with van der Waals surface area (Å²) in [4.78, 5) is 10.9. The lowest BCUT2D eigenvalue weighted by molar-refractivity contribution is 0.199. The fraction of sp³-hybridized carbons (Fsp3) is 0.857. The normalized spacial score (nSPS) is 10.9. The van der Waals surface area contributed by atoms with Crippen LogP contribution in [-0.2, 0) is 4.43 Å². The van der Waals surface area contributed by atoms with Gasteiger partial charge in [-0.1, -0.05) is 6.92 Å². The Balaban J connectivity index is 3.53. The van der Waals surface area contributed by atoms with E-state index < -0.39 is 8.32 Å². The molecule has 0 aromatic rings. The molecule has 0 aliphatic rings. The molecule has 0 saturated carbocycles. The first-order chi connectivity index (χ1) is 4.95. The first kappa shape index (κ1) is 10.5. The maximum absolute atomic E-state index is 10.9. The average molecular weight is 175 g/mol. The summed E-state index contributed by atoms with van der Waals surface area (Å²) < 4.78 is 5.13. The van der Waals surface area contributed by atoms with E-state index in [1.165, 1.54) is 0 Å². The summed E-state index contributed by atoms with van der Waals surface area (Å²) in [6, 6.07) is 0. The summed E-state index contributed by atoms with van der Waals surface area (Å²) in [5.74, 6) is 0. The molecule has 0 unspecified atom stereocenters. The predicted molar refractivity (Wildman–Crippen MR) is 48.1 cm³/mol. The van der Waals surface area contributed by atoms with Crippen LogP contribution in [0.25, 0.3) is 0 Å². The number of rotatable bonds is 3. The number of nitrogens with one attached hydrogen (secondary N) is 1. The molecule has 0 radical (unpaired) electrons. The summed E-state index contributed by atoms with van der Waals surface area (Å²) in [5, 5.41) is 2.66. The van der Waals surface area contributed by atoms with Crippen LogP contribution in [0.3, 0.4) is 0 Å². The van der Waals surface area contributed by atoms with Gasteiger partial charge in [0.25, 0.3) is 0 Å². The van der Waals surface area contributed by atoms with Crippen molar-refractivity contribution in [2.45, 2.75) is 33.0 Å². The van der Waals surface area contributed by atoms with E-state index >= 15 is 0 Å². The lowest BCUT2D eigenvalue weighted by Gasteiger charge is -2.17. The fourth-order valence-corrected chi connectivity index (χ4v) is 1.17. The summed E-state index contributed by atoms with van der Waals surface area (Å²) in [7, 11) is -1.68. The van der Waals surface area contributed by atoms with Gasteiger partial charge in [-0.05, 0) is 26.1 Å². The second-order valence-corrected chi connectivity index (χ2v) is 7.86. The Bertz CT molecular complexity index is 131. The number of amides is 1. The Morgan fingerprint density at radius 1 is 1.45 bits per heavy atom. The van der Waals surface area contributed by atoms with Crippen molar-refractivity contribution in [3.05, 3.63) is 0 Å². The Labute approximate surface area is 69.3 Å². The third-order valence-electron chi connectivity index (χ3n) is 0.918. The Morgan fingerprint density at radius 3 is 2.36 bits per heavy atom. The Morgan fingerprint density at radius 2 is 2.00 bits per heavy atom. The van der Waals surface area contributed by atoms with Crippen LogP contribution in [0.5, 0.6) is 0 Å². The van der Waals surface area contributed by atoms with Crippen LogP contribution in [-0.4, -0.2) is 21.0 Å². The minimum atomic E-state index is -1.68. The van der Waals surface area contributed by atoms with Gasteiger partial charge < -0.3 is 9.74 Å². The molecular weight excluding hydrogens is 158 g/mol. The minimum Gasteiger partial charge on any atom is -0.504 e. The highest BCUT2D eigenvalue weighted by Gasteiger charge is 2.18. The molecule has 0 fully saturated rings. The van der Waals surface area contributed by atoms with Crippen molar-refractivity contribution in [3.63, 3.8) is 0 Å². The highest BCUT2D eigenvalue weighted by molar-refractivity contribution is 6.71. The lowest BCUT2D eigenvalue weighted by atomic mass is 10.5. The zero-order valence-corrected chi connectivity index (χ0v) is 8.73. The van der Waals surface area contributed by atoms with Gasteiger partial charge in [0.05, 0.1) is 0 Å². The smallest absolute Gasteiger partial charge is 0.393 e. The largest absolute Gasteiger partial charge is 0.504 e. The molecule has 0 aromatic carbocycles. The van der Waals surface area contributed by atoms with Crippen LogP contribution in [0.4, 0.5) is 4.79 Å². The first-order valence-electron chi connectivity index (χ1n) is 3.92. The van der Waals surface area contributed by atoms with Crippen molar-refractivity contribution in [2.24, 2.45) is 0 Å². The molecule has 0 heterocycles. The maximum atomic E-state index is 10.9. The van der Waals surface area contributed by atoms with Crippen molar-refractivity contribution in [1.29, 1.82) is 0 Å². The van der Waals surface area contributed by atoms with Gasteiger partial charge in [-0.25, -0.2) is 4.79 Å². The molecule has 3 nitrogen and oxygen atoms in total. The van der Waals surface area contributed by atoms with Crippen LogP contribution in [0.2, 0.25) is 19.6 Å². The van der Waals surface area contributed by atoms with Gasteiger partial charge in [0.15, 0.2) is 0 Å². The van der Waals surface area contributed by atoms with Crippen LogP contribution in [0, 0.1) is 0 Å². The van der Waals surface area contributed by atoms with E-state index in [0.29, 0.717) is 6.54 Å². The van der Waals surface area contributed by atoms with Crippen LogP contribution < -0.4 is 5.32 Å². The van der Waals surface area contributed by atoms with E-state index in [1.54, 1.807) is 0 Å². The highest BCUT2D eigenvalue weighted by atomic mass is 28.4. The summed E-state index contributed by atoms with van der Waals surface area (Å²) >= 11 is 0. The quantitative estimate of drug-likeness (QED) is 0.666. The topological polar surface area (TPSA) is 38.3 Å². The van der Waals surface area contributed by atoms with Crippen molar-refractivity contribution in [1.82, 2.24) is 5.32 Å². The van der Waals surface area contributed by atoms with Gasteiger partial charge in [0.2, 0.25) is 8.32 Å². The molecule has 0 aliphatic heterocycles. The summed E-state index contributed by atoms with van der Waals surface area (Å²) in [5.41, 5.74) is 0. The molecule has 66 valence electrons. The SMILES string of the molecule is CCCNC(=O)O[Si](C)(C)C. The molecular formula is C7H17NO2Si. The van der Waals surface area contributed by atoms with Gasteiger partial charge >= 0.3 is 6.09 Å². The molecule has 1 amide bonds. The highest BCUT2D eigenvalue weighted by Crippen LogP contribution is 2.01. The van der Waals surface area contributed by atoms with E-state index in [1.807, 2.05) is 26.6 Å². The third kappa shape index (κ3) is 7.38. The van der Waals surface area contributed by atoms with Gasteiger partial charge in [-0.2, -0.15) is 0 Å². The van der Waals surface area contributed by atoms with Gasteiger partial charge in [-0.15, -0.1) is 0 Å². The summed E-state index contributed by atoms with van der Waals surface area (Å²) in [6.45, 7) is 8.66. The van der Waals surface area contributed by atoms with E-state index in [9.17, 15) is 4.79 Å². The zero-order valence-electron chi connectivity index (χ0n) is 7.73. The molecule has 11 heavy (non-hydrogen) atoms. The van der Waals surface area contributed by atoms with Crippen molar-refractivity contribution in [3.8, 4) is 0 Å². The van der Waals surface area contributed by atoms with Crippen LogP contribution in [0.1, 0.15) is 13.3 Å². The fourth-order valence-electron chi connectivity index (χ4n) is 0.541. The number of hydrogen-bond acceptors (Lipinski definition) is 2. The Hall–Kier alpha value is -0.513. The van der Waals surface area contributed by atoms with Crippen molar-refractivity contribution >= 4 is 14.4 Å². The van der Waals surface area contributed by atoms with E-state index in [2.05, 4.69) is 5.32 Å². The first-order valence-corrected chi connectivity index (χ1v) is 7.33. The molecule has 1 N–H and O–H groups in total. The minimum absolute atomic E-state index is 0.272. The molecule has 0 aromatic heterocycles. The van der Waals surface area contributed by atoms with Gasteiger partial charge in [-0.3, -0.25) is 0 Å². The van der Waals surface area contributed by atoms with E-state index in [-0.39, 0.29) is 6.09 Å². The molecule has 0 bridgehead atoms. The van der Waals surface area contributed by atoms with Crippen LogP contribution in [0.15, 0.2) is 0 Å². The zero-order chi connectivity index (χ0) is 8.91. The molecule has 4 heteroatoms. The monoisotopic (exact) mass is 175 g/mol. The standard InChI is InChI=1S/C7H17NO2Si/c1-5-6-8-7(9)10-11(2,3)4/h5-6H2,1-4H3,(H,8,9). The predicted octanol–water partition coefficient (Wildman–Crippen LogP) is 1.96. The van der Waals surface area contributed by atoms with Gasteiger partial charge in [0, 0.05) is 6.54 Å². The van der Waals surface area contributed by atoms with Gasteiger partial charge in [0.1, 0.15) is 0 Å². The van der Waals surface area contributed by atoms with E-state index in [4.69, 9.17) is 4.43 Å².